The number of rotatable bonds is 3. The minimum absolute atomic E-state index is 0.0511. The molecule has 2 N–H and O–H groups in total. The molecular weight excluding hydrogens is 297 g/mol. The molecular formula is C15H13Cl2NO2. The summed E-state index contributed by atoms with van der Waals surface area (Å²) in [7, 11) is 0. The molecule has 0 spiro atoms. The van der Waals surface area contributed by atoms with Gasteiger partial charge in [0.05, 0.1) is 6.04 Å². The highest BCUT2D eigenvalue weighted by Gasteiger charge is 2.20. The summed E-state index contributed by atoms with van der Waals surface area (Å²) < 4.78 is 11.2. The molecule has 0 fully saturated rings. The Kier molecular flexibility index (Phi) is 3.74. The second kappa shape index (κ2) is 5.52. The van der Waals surface area contributed by atoms with Crippen LogP contribution in [0.5, 0.6) is 11.5 Å². The number of nitrogens with two attached hydrogens (primary N) is 1. The molecule has 104 valence electrons. The van der Waals surface area contributed by atoms with E-state index in [0.717, 1.165) is 22.6 Å². The van der Waals surface area contributed by atoms with Crippen LogP contribution in [0, 0.1) is 0 Å². The molecule has 1 heterocycles. The van der Waals surface area contributed by atoms with E-state index in [9.17, 15) is 0 Å². The fourth-order valence-electron chi connectivity index (χ4n) is 2.10. The molecule has 0 saturated heterocycles. The number of fused-ring (bicyclic) bond motifs is 1. The number of benzene rings is 2. The van der Waals surface area contributed by atoms with Gasteiger partial charge in [0.1, 0.15) is 24.7 Å². The van der Waals surface area contributed by atoms with Crippen molar-refractivity contribution in [3.8, 4) is 11.5 Å². The van der Waals surface area contributed by atoms with E-state index in [2.05, 4.69) is 0 Å². The van der Waals surface area contributed by atoms with Gasteiger partial charge in [0.2, 0.25) is 0 Å². The summed E-state index contributed by atoms with van der Waals surface area (Å²) in [6.07, 6.45) is 0. The van der Waals surface area contributed by atoms with Gasteiger partial charge in [-0.1, -0.05) is 29.3 Å². The van der Waals surface area contributed by atoms with Crippen LogP contribution in [0.15, 0.2) is 36.4 Å². The Hall–Kier alpha value is -1.42. The lowest BCUT2D eigenvalue weighted by Gasteiger charge is -2.09. The number of ether oxygens (including phenoxy) is 2. The lowest BCUT2D eigenvalue weighted by atomic mass is 10.1. The minimum Gasteiger partial charge on any atom is -0.491 e. The van der Waals surface area contributed by atoms with Crippen molar-refractivity contribution in [1.29, 1.82) is 0 Å². The van der Waals surface area contributed by atoms with E-state index in [0.29, 0.717) is 23.3 Å². The molecule has 3 nitrogen and oxygen atoms in total. The Morgan fingerprint density at radius 2 is 2.05 bits per heavy atom. The van der Waals surface area contributed by atoms with Crippen molar-refractivity contribution in [2.24, 2.45) is 5.73 Å². The van der Waals surface area contributed by atoms with Crippen LogP contribution in [0.4, 0.5) is 0 Å². The first-order chi connectivity index (χ1) is 9.63. The monoisotopic (exact) mass is 309 g/mol. The van der Waals surface area contributed by atoms with Gasteiger partial charge in [0.15, 0.2) is 0 Å². The summed E-state index contributed by atoms with van der Waals surface area (Å²) in [5.74, 6) is 1.51. The predicted octanol–water partition coefficient (Wildman–Crippen LogP) is 3.96. The molecule has 0 radical (unpaired) electrons. The van der Waals surface area contributed by atoms with E-state index >= 15 is 0 Å². The summed E-state index contributed by atoms with van der Waals surface area (Å²) in [5.41, 5.74) is 7.80. The van der Waals surface area contributed by atoms with Crippen molar-refractivity contribution < 1.29 is 9.47 Å². The Morgan fingerprint density at radius 3 is 2.85 bits per heavy atom. The summed E-state index contributed by atoms with van der Waals surface area (Å²) >= 11 is 12.0. The second-order valence-electron chi connectivity index (χ2n) is 4.64. The third kappa shape index (κ3) is 2.70. The van der Waals surface area contributed by atoms with Crippen molar-refractivity contribution in [3.63, 3.8) is 0 Å². The van der Waals surface area contributed by atoms with Crippen molar-refractivity contribution >= 4 is 23.2 Å². The van der Waals surface area contributed by atoms with E-state index < -0.39 is 0 Å². The van der Waals surface area contributed by atoms with Crippen LogP contribution in [-0.2, 0) is 6.61 Å². The molecule has 1 aliphatic rings. The third-order valence-corrected chi connectivity index (χ3v) is 3.80. The summed E-state index contributed by atoms with van der Waals surface area (Å²) in [4.78, 5) is 0. The first kappa shape index (κ1) is 13.6. The van der Waals surface area contributed by atoms with Gasteiger partial charge in [0, 0.05) is 27.2 Å². The van der Waals surface area contributed by atoms with Gasteiger partial charge in [-0.2, -0.15) is 0 Å². The zero-order valence-electron chi connectivity index (χ0n) is 10.6. The van der Waals surface area contributed by atoms with Gasteiger partial charge < -0.3 is 15.2 Å². The van der Waals surface area contributed by atoms with Gasteiger partial charge in [-0.05, 0) is 24.3 Å². The topological polar surface area (TPSA) is 44.5 Å². The number of hydrogen-bond acceptors (Lipinski definition) is 3. The maximum Gasteiger partial charge on any atom is 0.127 e. The lowest BCUT2D eigenvalue weighted by molar-refractivity contribution is 0.301. The molecule has 1 atom stereocenters. The van der Waals surface area contributed by atoms with Crippen molar-refractivity contribution in [2.75, 3.05) is 6.61 Å². The molecule has 1 unspecified atom stereocenters. The molecule has 1 aliphatic heterocycles. The van der Waals surface area contributed by atoms with E-state index in [1.54, 1.807) is 12.1 Å². The highest BCUT2D eigenvalue weighted by atomic mass is 35.5. The van der Waals surface area contributed by atoms with Crippen LogP contribution < -0.4 is 15.2 Å². The number of halogens is 2. The van der Waals surface area contributed by atoms with E-state index in [4.69, 9.17) is 38.4 Å². The molecule has 0 bridgehead atoms. The quantitative estimate of drug-likeness (QED) is 0.933. The zero-order chi connectivity index (χ0) is 14.1. The van der Waals surface area contributed by atoms with Crippen molar-refractivity contribution in [2.45, 2.75) is 12.6 Å². The minimum atomic E-state index is -0.0511. The van der Waals surface area contributed by atoms with Crippen molar-refractivity contribution in [3.05, 3.63) is 57.6 Å². The maximum absolute atomic E-state index is 6.10. The van der Waals surface area contributed by atoms with Gasteiger partial charge in [0.25, 0.3) is 0 Å². The molecule has 2 aromatic carbocycles. The van der Waals surface area contributed by atoms with Crippen molar-refractivity contribution in [1.82, 2.24) is 0 Å². The average Bonchev–Trinajstić information content (AvgIpc) is 2.79. The Balaban J connectivity index is 1.73. The first-order valence-corrected chi connectivity index (χ1v) is 6.98. The molecule has 20 heavy (non-hydrogen) atoms. The third-order valence-electron chi connectivity index (χ3n) is 3.21. The van der Waals surface area contributed by atoms with Gasteiger partial charge in [-0.15, -0.1) is 0 Å². The highest BCUT2D eigenvalue weighted by Crippen LogP contribution is 2.34. The smallest absolute Gasteiger partial charge is 0.127 e. The zero-order valence-corrected chi connectivity index (χ0v) is 12.1. The molecule has 3 rings (SSSR count). The molecule has 0 aromatic heterocycles. The normalized spacial score (nSPS) is 16.6. The molecule has 5 heteroatoms. The molecule has 0 aliphatic carbocycles. The summed E-state index contributed by atoms with van der Waals surface area (Å²) in [5, 5.41) is 1.20. The van der Waals surface area contributed by atoms with Gasteiger partial charge in [-0.3, -0.25) is 0 Å². The fraction of sp³-hybridized carbons (Fsp3) is 0.200. The Morgan fingerprint density at radius 1 is 1.20 bits per heavy atom. The van der Waals surface area contributed by atoms with Crippen LogP contribution in [0.25, 0.3) is 0 Å². The first-order valence-electron chi connectivity index (χ1n) is 6.22. The van der Waals surface area contributed by atoms with Crippen LogP contribution in [0.1, 0.15) is 17.2 Å². The average molecular weight is 310 g/mol. The predicted molar refractivity (Wildman–Crippen MR) is 79.7 cm³/mol. The highest BCUT2D eigenvalue weighted by molar-refractivity contribution is 6.35. The summed E-state index contributed by atoms with van der Waals surface area (Å²) in [6, 6.07) is 11.0. The van der Waals surface area contributed by atoms with Crippen LogP contribution in [0.3, 0.4) is 0 Å². The SMILES string of the molecule is NC1COc2cc(OCc3ccc(Cl)cc3Cl)ccc21. The van der Waals surface area contributed by atoms with Crippen LogP contribution >= 0.6 is 23.2 Å². The standard InChI is InChI=1S/C15H13Cl2NO2/c16-10-2-1-9(13(17)5-10)7-19-11-3-4-12-14(18)8-20-15(12)6-11/h1-6,14H,7-8,18H2. The van der Waals surface area contributed by atoms with E-state index in [1.165, 1.54) is 0 Å². The summed E-state index contributed by atoms with van der Waals surface area (Å²) in [6.45, 7) is 0.892. The van der Waals surface area contributed by atoms with E-state index in [-0.39, 0.29) is 6.04 Å². The molecule has 0 saturated carbocycles. The Labute approximate surface area is 127 Å². The largest absolute Gasteiger partial charge is 0.491 e. The van der Waals surface area contributed by atoms with Gasteiger partial charge >= 0.3 is 0 Å². The maximum atomic E-state index is 6.10. The lowest BCUT2D eigenvalue weighted by Crippen LogP contribution is -2.10. The number of hydrogen-bond donors (Lipinski definition) is 1. The van der Waals surface area contributed by atoms with E-state index in [1.807, 2.05) is 24.3 Å². The van der Waals surface area contributed by atoms with Gasteiger partial charge in [-0.25, -0.2) is 0 Å². The Bertz CT molecular complexity index is 646. The van der Waals surface area contributed by atoms with Crippen LogP contribution in [-0.4, -0.2) is 6.61 Å². The van der Waals surface area contributed by atoms with Crippen LogP contribution in [0.2, 0.25) is 10.0 Å². The molecule has 2 aromatic rings. The fourth-order valence-corrected chi connectivity index (χ4v) is 2.57. The second-order valence-corrected chi connectivity index (χ2v) is 5.49. The molecule has 0 amide bonds.